The van der Waals surface area contributed by atoms with Gasteiger partial charge in [-0.15, -0.1) is 0 Å². The van der Waals surface area contributed by atoms with Gasteiger partial charge in [-0.2, -0.15) is 4.98 Å². The number of methoxy groups -OCH3 is 1. The van der Waals surface area contributed by atoms with Gasteiger partial charge in [0.25, 0.3) is 11.5 Å². The molecule has 1 atom stereocenters. The number of carbonyl (C=O) groups is 3. The molecule has 3 aliphatic rings. The highest BCUT2D eigenvalue weighted by molar-refractivity contribution is 6.05. The molecule has 0 aliphatic carbocycles. The highest BCUT2D eigenvalue weighted by Crippen LogP contribution is 2.34. The number of piperidine rings is 2. The minimum absolute atomic E-state index is 0.145. The number of aromatic nitrogens is 3. The van der Waals surface area contributed by atoms with Crippen molar-refractivity contribution in [1.82, 2.24) is 29.7 Å². The van der Waals surface area contributed by atoms with Crippen molar-refractivity contribution in [2.24, 2.45) is 0 Å². The van der Waals surface area contributed by atoms with E-state index >= 15 is 0 Å². The first-order chi connectivity index (χ1) is 21.4. The summed E-state index contributed by atoms with van der Waals surface area (Å²) in [6.07, 6.45) is 4.06. The summed E-state index contributed by atoms with van der Waals surface area (Å²) in [5, 5.41) is 2.90. The van der Waals surface area contributed by atoms with Gasteiger partial charge in [0.2, 0.25) is 17.7 Å². The largest absolute Gasteiger partial charge is 0.481 e. The van der Waals surface area contributed by atoms with Crippen molar-refractivity contribution in [2.75, 3.05) is 20.2 Å². The van der Waals surface area contributed by atoms with Gasteiger partial charge in [0, 0.05) is 31.1 Å². The zero-order chi connectivity index (χ0) is 30.4. The molecule has 0 bridgehead atoms. The number of amides is 3. The van der Waals surface area contributed by atoms with Crippen LogP contribution in [0.5, 0.6) is 5.88 Å². The van der Waals surface area contributed by atoms with Crippen molar-refractivity contribution in [3.8, 4) is 11.7 Å². The van der Waals surface area contributed by atoms with Crippen LogP contribution in [-0.4, -0.2) is 68.3 Å². The van der Waals surface area contributed by atoms with Crippen LogP contribution in [-0.2, 0) is 22.7 Å². The molecule has 3 aliphatic heterocycles. The maximum absolute atomic E-state index is 13.4. The maximum Gasteiger partial charge on any atom is 0.266 e. The molecule has 2 fully saturated rings. The summed E-state index contributed by atoms with van der Waals surface area (Å²) in [6.45, 7) is 2.94. The number of nitrogens with zero attached hydrogens (tertiary/aromatic N) is 5. The monoisotopic (exact) mass is 592 g/mol. The molecule has 2 aromatic heterocycles. The Hall–Kier alpha value is -4.90. The van der Waals surface area contributed by atoms with Gasteiger partial charge in [-0.3, -0.25) is 34.0 Å². The topological polar surface area (TPSA) is 127 Å². The van der Waals surface area contributed by atoms with E-state index in [0.717, 1.165) is 43.6 Å². The van der Waals surface area contributed by atoms with Crippen LogP contribution in [0.4, 0.5) is 0 Å². The molecule has 4 aromatic rings. The fourth-order valence-corrected chi connectivity index (χ4v) is 6.61. The Morgan fingerprint density at radius 2 is 1.82 bits per heavy atom. The third kappa shape index (κ3) is 5.13. The normalized spacial score (nSPS) is 19.3. The van der Waals surface area contributed by atoms with Crippen LogP contribution in [0.3, 0.4) is 0 Å². The molecule has 0 radical (unpaired) electrons. The SMILES string of the molecule is COc1cccc(-n2cnc3ccc(CN4CCC(c5ccc6c(c5)CN(C5CCC(=O)NC5=O)C6=O)CC4)cc3c2=O)n1. The number of imide groups is 1. The number of rotatable bonds is 6. The van der Waals surface area contributed by atoms with Crippen LogP contribution >= 0.6 is 0 Å². The lowest BCUT2D eigenvalue weighted by Gasteiger charge is -2.32. The Kier molecular flexibility index (Phi) is 7.17. The summed E-state index contributed by atoms with van der Waals surface area (Å²) in [7, 11) is 1.54. The first-order valence-corrected chi connectivity index (χ1v) is 14.9. The molecule has 0 saturated carbocycles. The average molecular weight is 593 g/mol. The average Bonchev–Trinajstić information content (AvgIpc) is 3.37. The van der Waals surface area contributed by atoms with Crippen LogP contribution < -0.4 is 15.6 Å². The predicted octanol–water partition coefficient (Wildman–Crippen LogP) is 2.93. The fraction of sp³-hybridized carbons (Fsp3) is 0.333. The summed E-state index contributed by atoms with van der Waals surface area (Å²) in [5.41, 5.74) is 4.31. The van der Waals surface area contributed by atoms with E-state index in [4.69, 9.17) is 4.74 Å². The number of likely N-dealkylation sites (tertiary alicyclic amines) is 1. The Labute approximate surface area is 253 Å². The molecule has 2 saturated heterocycles. The molecule has 2 aromatic carbocycles. The Balaban J connectivity index is 1.02. The predicted molar refractivity (Wildman–Crippen MR) is 161 cm³/mol. The number of fused-ring (bicyclic) bond motifs is 2. The van der Waals surface area contributed by atoms with Crippen LogP contribution in [0, 0.1) is 0 Å². The molecule has 1 N–H and O–H groups in total. The minimum Gasteiger partial charge on any atom is -0.481 e. The van der Waals surface area contributed by atoms with Crippen LogP contribution in [0.25, 0.3) is 16.7 Å². The summed E-state index contributed by atoms with van der Waals surface area (Å²) in [5.74, 6) is 0.432. The van der Waals surface area contributed by atoms with Gasteiger partial charge in [-0.1, -0.05) is 24.3 Å². The van der Waals surface area contributed by atoms with E-state index in [-0.39, 0.29) is 23.8 Å². The highest BCUT2D eigenvalue weighted by Gasteiger charge is 2.39. The van der Waals surface area contributed by atoms with Gasteiger partial charge in [0.1, 0.15) is 18.2 Å². The van der Waals surface area contributed by atoms with Crippen molar-refractivity contribution in [3.05, 3.63) is 93.5 Å². The number of pyridine rings is 1. The van der Waals surface area contributed by atoms with E-state index in [0.29, 0.717) is 47.0 Å². The maximum atomic E-state index is 13.4. The lowest BCUT2D eigenvalue weighted by atomic mass is 9.87. The second kappa shape index (κ2) is 11.3. The van der Waals surface area contributed by atoms with E-state index in [9.17, 15) is 19.2 Å². The summed E-state index contributed by atoms with van der Waals surface area (Å²) in [6, 6.07) is 16.6. The van der Waals surface area contributed by atoms with Crippen molar-refractivity contribution >= 4 is 28.6 Å². The zero-order valence-corrected chi connectivity index (χ0v) is 24.4. The number of nitrogens with one attached hydrogen (secondary N) is 1. The molecule has 0 spiro atoms. The Morgan fingerprint density at radius 1 is 0.977 bits per heavy atom. The van der Waals surface area contributed by atoms with Crippen molar-refractivity contribution in [2.45, 2.75) is 50.7 Å². The van der Waals surface area contributed by atoms with E-state index in [2.05, 4.69) is 26.3 Å². The third-order valence-electron chi connectivity index (χ3n) is 9.00. The van der Waals surface area contributed by atoms with E-state index < -0.39 is 11.9 Å². The molecule has 7 rings (SSSR count). The lowest BCUT2D eigenvalue weighted by Crippen LogP contribution is -2.52. The molecule has 11 heteroatoms. The zero-order valence-electron chi connectivity index (χ0n) is 24.4. The number of benzene rings is 2. The van der Waals surface area contributed by atoms with Crippen molar-refractivity contribution < 1.29 is 19.1 Å². The van der Waals surface area contributed by atoms with E-state index in [1.165, 1.54) is 23.6 Å². The fourth-order valence-electron chi connectivity index (χ4n) is 6.61. The summed E-state index contributed by atoms with van der Waals surface area (Å²) in [4.78, 5) is 63.3. The second-order valence-corrected chi connectivity index (χ2v) is 11.7. The minimum atomic E-state index is -0.605. The quantitative estimate of drug-likeness (QED) is 0.339. The highest BCUT2D eigenvalue weighted by atomic mass is 16.5. The van der Waals surface area contributed by atoms with Crippen LogP contribution in [0.1, 0.15) is 58.6 Å². The molecule has 3 amide bonds. The standard InChI is InChI=1S/C33H32N6O5/c1-44-30-4-2-3-28(35-30)39-19-34-26-8-5-20(15-25(26)33(39)43)17-37-13-11-21(12-14-37)22-6-7-24-23(16-22)18-38(32(24)42)27-9-10-29(40)36-31(27)41/h2-8,15-16,19,21,27H,9-14,17-18H2,1H3,(H,36,40,41). The van der Waals surface area contributed by atoms with Gasteiger partial charge in [0.15, 0.2) is 0 Å². The molecule has 11 nitrogen and oxygen atoms in total. The Morgan fingerprint density at radius 3 is 2.61 bits per heavy atom. The first kappa shape index (κ1) is 27.9. The Bertz CT molecular complexity index is 1860. The summed E-state index contributed by atoms with van der Waals surface area (Å²) >= 11 is 0. The number of carbonyl (C=O) groups excluding carboxylic acids is 3. The summed E-state index contributed by atoms with van der Waals surface area (Å²) < 4.78 is 6.65. The molecule has 5 heterocycles. The molecular formula is C33H32N6O5. The van der Waals surface area contributed by atoms with Gasteiger partial charge >= 0.3 is 0 Å². The molecule has 224 valence electrons. The van der Waals surface area contributed by atoms with E-state index in [1.807, 2.05) is 30.3 Å². The number of hydrogen-bond acceptors (Lipinski definition) is 8. The van der Waals surface area contributed by atoms with Crippen LogP contribution in [0.15, 0.2) is 65.7 Å². The molecular weight excluding hydrogens is 560 g/mol. The van der Waals surface area contributed by atoms with E-state index in [1.54, 1.807) is 23.1 Å². The number of ether oxygens (including phenoxy) is 1. The third-order valence-corrected chi connectivity index (χ3v) is 9.00. The lowest BCUT2D eigenvalue weighted by molar-refractivity contribution is -0.136. The van der Waals surface area contributed by atoms with Gasteiger partial charge < -0.3 is 9.64 Å². The number of hydrogen-bond donors (Lipinski definition) is 1. The first-order valence-electron chi connectivity index (χ1n) is 14.9. The van der Waals surface area contributed by atoms with Gasteiger partial charge in [0.05, 0.1) is 18.0 Å². The van der Waals surface area contributed by atoms with Crippen molar-refractivity contribution in [3.63, 3.8) is 0 Å². The molecule has 1 unspecified atom stereocenters. The van der Waals surface area contributed by atoms with Crippen LogP contribution in [0.2, 0.25) is 0 Å². The smallest absolute Gasteiger partial charge is 0.266 e. The molecule has 44 heavy (non-hydrogen) atoms. The second-order valence-electron chi connectivity index (χ2n) is 11.7. The van der Waals surface area contributed by atoms with Gasteiger partial charge in [-0.25, -0.2) is 4.98 Å². The van der Waals surface area contributed by atoms with Crippen molar-refractivity contribution in [1.29, 1.82) is 0 Å². The van der Waals surface area contributed by atoms with Gasteiger partial charge in [-0.05, 0) is 79.2 Å².